The van der Waals surface area contributed by atoms with Crippen molar-refractivity contribution in [1.82, 2.24) is 10.2 Å². The predicted octanol–water partition coefficient (Wildman–Crippen LogP) is 1.93. The highest BCUT2D eigenvalue weighted by Gasteiger charge is 2.19. The number of guanidine groups is 1. The molecule has 1 aromatic rings. The molecule has 0 amide bonds. The molecule has 2 N–H and O–H groups in total. The lowest BCUT2D eigenvalue weighted by Crippen LogP contribution is -2.43. The number of hydrogen-bond acceptors (Lipinski definition) is 3. The largest absolute Gasteiger partial charge is 0.359 e. The summed E-state index contributed by atoms with van der Waals surface area (Å²) in [5.74, 6) is 0.796. The van der Waals surface area contributed by atoms with Crippen LogP contribution in [0.3, 0.4) is 0 Å². The second-order valence-electron chi connectivity index (χ2n) is 3.55. The van der Waals surface area contributed by atoms with Gasteiger partial charge in [-0.1, -0.05) is 17.7 Å². The molecule has 0 aliphatic carbocycles. The topological polar surface area (TPSA) is 39.7 Å². The van der Waals surface area contributed by atoms with Gasteiger partial charge in [0.2, 0.25) is 0 Å². The van der Waals surface area contributed by atoms with Crippen LogP contribution >= 0.6 is 23.8 Å². The second kappa shape index (κ2) is 5.33. The van der Waals surface area contributed by atoms with E-state index in [-0.39, 0.29) is 0 Å². The van der Waals surface area contributed by atoms with Gasteiger partial charge in [0.1, 0.15) is 0 Å². The first-order valence-electron chi connectivity index (χ1n) is 5.27. The molecule has 1 aliphatic rings. The Morgan fingerprint density at radius 2 is 2.35 bits per heavy atom. The number of nitrogens with one attached hydrogen (secondary N) is 2. The maximum absolute atomic E-state index is 5.91. The third-order valence-corrected chi connectivity index (χ3v) is 2.94. The zero-order valence-electron chi connectivity index (χ0n) is 9.40. The van der Waals surface area contributed by atoms with E-state index in [9.17, 15) is 0 Å². The summed E-state index contributed by atoms with van der Waals surface area (Å²) < 4.78 is 0. The minimum absolute atomic E-state index is 0.623. The maximum Gasteiger partial charge on any atom is 0.200 e. The third-order valence-electron chi connectivity index (χ3n) is 2.39. The van der Waals surface area contributed by atoms with Crippen molar-refractivity contribution >= 4 is 40.6 Å². The molecule has 6 heteroatoms. The minimum Gasteiger partial charge on any atom is -0.359 e. The molecule has 0 bridgehead atoms. The molecule has 0 spiro atoms. The zero-order chi connectivity index (χ0) is 12.3. The summed E-state index contributed by atoms with van der Waals surface area (Å²) in [5, 5.41) is 7.46. The fourth-order valence-corrected chi connectivity index (χ4v) is 2.10. The average Bonchev–Trinajstić information content (AvgIpc) is 2.77. The molecule has 0 radical (unpaired) electrons. The molecular formula is C11H13ClN4S. The van der Waals surface area contributed by atoms with Gasteiger partial charge in [0, 0.05) is 24.3 Å². The van der Waals surface area contributed by atoms with Crippen molar-refractivity contribution < 1.29 is 0 Å². The summed E-state index contributed by atoms with van der Waals surface area (Å²) in [6, 6.07) is 7.46. The van der Waals surface area contributed by atoms with Crippen LogP contribution in [-0.4, -0.2) is 36.1 Å². The van der Waals surface area contributed by atoms with E-state index in [1.165, 1.54) is 0 Å². The molecule has 0 unspecified atom stereocenters. The Kier molecular flexibility index (Phi) is 3.81. The van der Waals surface area contributed by atoms with Crippen LogP contribution in [0.25, 0.3) is 0 Å². The zero-order valence-corrected chi connectivity index (χ0v) is 11.0. The van der Waals surface area contributed by atoms with E-state index in [0.29, 0.717) is 10.1 Å². The lowest BCUT2D eigenvalue weighted by molar-refractivity contribution is 0.656. The maximum atomic E-state index is 5.91. The van der Waals surface area contributed by atoms with Crippen LogP contribution in [0.15, 0.2) is 29.3 Å². The second-order valence-corrected chi connectivity index (χ2v) is 4.37. The van der Waals surface area contributed by atoms with Crippen LogP contribution in [0.4, 0.5) is 5.69 Å². The Balaban J connectivity index is 2.05. The molecule has 0 aromatic heterocycles. The molecule has 0 saturated carbocycles. The molecular weight excluding hydrogens is 256 g/mol. The van der Waals surface area contributed by atoms with E-state index in [1.807, 2.05) is 36.2 Å². The van der Waals surface area contributed by atoms with Gasteiger partial charge in [-0.25, -0.2) is 0 Å². The summed E-state index contributed by atoms with van der Waals surface area (Å²) in [5.41, 5.74) is 0.879. The standard InChI is InChI=1S/C11H13ClN4S/c1-13-10-14-5-6-16(10)11(17)15-9-4-2-3-8(12)7-9/h2-4,7H,5-6H2,1H3,(H,13,14)(H,15,17). The molecule has 90 valence electrons. The first-order chi connectivity index (χ1) is 8.20. The monoisotopic (exact) mass is 268 g/mol. The Hall–Kier alpha value is -1.33. The van der Waals surface area contributed by atoms with Crippen molar-refractivity contribution in [3.63, 3.8) is 0 Å². The lowest BCUT2D eigenvalue weighted by atomic mass is 10.3. The van der Waals surface area contributed by atoms with Crippen LogP contribution < -0.4 is 10.6 Å². The first-order valence-corrected chi connectivity index (χ1v) is 6.05. The number of benzene rings is 1. The van der Waals surface area contributed by atoms with Crippen LogP contribution in [0.2, 0.25) is 5.02 Å². The molecule has 17 heavy (non-hydrogen) atoms. The van der Waals surface area contributed by atoms with Crippen molar-refractivity contribution in [1.29, 1.82) is 0 Å². The first kappa shape index (κ1) is 12.1. The van der Waals surface area contributed by atoms with Gasteiger partial charge in [0.05, 0.1) is 6.54 Å². The number of nitrogens with zero attached hydrogens (tertiary/aromatic N) is 2. The molecule has 0 atom stereocenters. The SMILES string of the molecule is CNC1=NCCN1C(=S)Nc1cccc(Cl)c1. The quantitative estimate of drug-likeness (QED) is 0.764. The number of hydrogen-bond donors (Lipinski definition) is 2. The third kappa shape index (κ3) is 2.87. The van der Waals surface area contributed by atoms with Gasteiger partial charge in [-0.2, -0.15) is 0 Å². The van der Waals surface area contributed by atoms with E-state index in [0.717, 1.165) is 24.7 Å². The summed E-state index contributed by atoms with van der Waals surface area (Å²) in [4.78, 5) is 6.22. The van der Waals surface area contributed by atoms with E-state index in [2.05, 4.69) is 15.6 Å². The van der Waals surface area contributed by atoms with Gasteiger partial charge in [0.25, 0.3) is 0 Å². The number of halogens is 1. The van der Waals surface area contributed by atoms with Crippen molar-refractivity contribution in [3.05, 3.63) is 29.3 Å². The number of thiocarbonyl (C=S) groups is 1. The van der Waals surface area contributed by atoms with Crippen LogP contribution in [-0.2, 0) is 0 Å². The smallest absolute Gasteiger partial charge is 0.200 e. The van der Waals surface area contributed by atoms with Gasteiger partial charge in [-0.3, -0.25) is 9.89 Å². The van der Waals surface area contributed by atoms with Crippen LogP contribution in [0, 0.1) is 0 Å². The minimum atomic E-state index is 0.623. The molecule has 2 rings (SSSR count). The van der Waals surface area contributed by atoms with Crippen molar-refractivity contribution in [2.75, 3.05) is 25.5 Å². The van der Waals surface area contributed by atoms with Crippen molar-refractivity contribution in [3.8, 4) is 0 Å². The summed E-state index contributed by atoms with van der Waals surface area (Å²) in [6.07, 6.45) is 0. The Bertz CT molecular complexity index is 461. The molecule has 4 nitrogen and oxygen atoms in total. The summed E-state index contributed by atoms with van der Waals surface area (Å²) in [6.45, 7) is 1.55. The van der Waals surface area contributed by atoms with Crippen molar-refractivity contribution in [2.24, 2.45) is 4.99 Å². The Labute approximate surface area is 111 Å². The predicted molar refractivity (Wildman–Crippen MR) is 75.7 cm³/mol. The molecule has 1 heterocycles. The van der Waals surface area contributed by atoms with Crippen LogP contribution in [0.1, 0.15) is 0 Å². The van der Waals surface area contributed by atoms with Crippen LogP contribution in [0.5, 0.6) is 0 Å². The fourth-order valence-electron chi connectivity index (χ4n) is 1.62. The molecule has 1 aliphatic heterocycles. The highest BCUT2D eigenvalue weighted by molar-refractivity contribution is 7.80. The number of rotatable bonds is 1. The highest BCUT2D eigenvalue weighted by atomic mass is 35.5. The normalized spacial score (nSPS) is 14.5. The number of anilines is 1. The van der Waals surface area contributed by atoms with Crippen molar-refractivity contribution in [2.45, 2.75) is 0 Å². The van der Waals surface area contributed by atoms with Gasteiger partial charge in [-0.15, -0.1) is 0 Å². The van der Waals surface area contributed by atoms with Gasteiger partial charge < -0.3 is 10.6 Å². The molecule has 1 aromatic carbocycles. The van der Waals surface area contributed by atoms with E-state index in [4.69, 9.17) is 23.8 Å². The Morgan fingerprint density at radius 3 is 3.06 bits per heavy atom. The van der Waals surface area contributed by atoms with Gasteiger partial charge in [0.15, 0.2) is 11.1 Å². The highest BCUT2D eigenvalue weighted by Crippen LogP contribution is 2.15. The van der Waals surface area contributed by atoms with Gasteiger partial charge >= 0.3 is 0 Å². The Morgan fingerprint density at radius 1 is 1.53 bits per heavy atom. The fraction of sp³-hybridized carbons (Fsp3) is 0.273. The average molecular weight is 269 g/mol. The molecule has 0 fully saturated rings. The summed E-state index contributed by atoms with van der Waals surface area (Å²) >= 11 is 11.2. The number of aliphatic imine (C=N–C) groups is 1. The van der Waals surface area contributed by atoms with E-state index in [1.54, 1.807) is 0 Å². The summed E-state index contributed by atoms with van der Waals surface area (Å²) in [7, 11) is 1.83. The van der Waals surface area contributed by atoms with Gasteiger partial charge in [-0.05, 0) is 30.4 Å². The van der Waals surface area contributed by atoms with E-state index < -0.39 is 0 Å². The molecule has 0 saturated heterocycles. The lowest BCUT2D eigenvalue weighted by Gasteiger charge is -2.21. The van der Waals surface area contributed by atoms with E-state index >= 15 is 0 Å².